The Kier molecular flexibility index (Phi) is 13.0. The van der Waals surface area contributed by atoms with Crippen molar-refractivity contribution in [2.24, 2.45) is 0 Å². The lowest BCUT2D eigenvalue weighted by molar-refractivity contribution is -0.132. The van der Waals surface area contributed by atoms with Gasteiger partial charge in [-0.25, -0.2) is 4.79 Å². The summed E-state index contributed by atoms with van der Waals surface area (Å²) in [6, 6.07) is 0.885. The van der Waals surface area contributed by atoms with Crippen LogP contribution >= 0.6 is 0 Å². The van der Waals surface area contributed by atoms with Crippen LogP contribution in [0, 0.1) is 0 Å². The van der Waals surface area contributed by atoms with E-state index in [9.17, 15) is 4.79 Å². The Morgan fingerprint density at radius 3 is 1.85 bits per heavy atom. The average molecular weight is 307 g/mol. The molecule has 6 nitrogen and oxygen atoms in total. The van der Waals surface area contributed by atoms with Crippen LogP contribution in [0.5, 0.6) is 0 Å². The van der Waals surface area contributed by atoms with E-state index >= 15 is 0 Å². The molecule has 0 aliphatic heterocycles. The van der Waals surface area contributed by atoms with E-state index in [0.29, 0.717) is 12.1 Å². The zero-order chi connectivity index (χ0) is 16.2. The highest BCUT2D eigenvalue weighted by atomic mass is 28.4. The van der Waals surface area contributed by atoms with Crippen molar-refractivity contribution in [2.75, 3.05) is 42.0 Å². The molecule has 0 aliphatic carbocycles. The summed E-state index contributed by atoms with van der Waals surface area (Å²) < 4.78 is 15.5. The molecule has 0 radical (unpaired) electrons. The van der Waals surface area contributed by atoms with E-state index in [1.165, 1.54) is 0 Å². The summed E-state index contributed by atoms with van der Waals surface area (Å²) in [5, 5.41) is 8.41. The zero-order valence-electron chi connectivity index (χ0n) is 13.7. The molecule has 20 heavy (non-hydrogen) atoms. The highest BCUT2D eigenvalue weighted by Gasteiger charge is 2.36. The van der Waals surface area contributed by atoms with E-state index < -0.39 is 14.8 Å². The van der Waals surface area contributed by atoms with Gasteiger partial charge in [0.15, 0.2) is 0 Å². The largest absolute Gasteiger partial charge is 0.500 e. The van der Waals surface area contributed by atoms with Crippen LogP contribution in [-0.2, 0) is 18.1 Å². The van der Waals surface area contributed by atoms with Crippen LogP contribution in [0.1, 0.15) is 20.3 Å². The first-order valence-corrected chi connectivity index (χ1v) is 8.41. The maximum atomic E-state index is 10.2. The van der Waals surface area contributed by atoms with Crippen LogP contribution < -0.4 is 0 Å². The highest BCUT2D eigenvalue weighted by Crippen LogP contribution is 2.13. The fraction of sp³-hybridized carbons (Fsp3) is 0.769. The quantitative estimate of drug-likeness (QED) is 0.545. The first-order chi connectivity index (χ1) is 9.28. The SMILES string of the molecule is CC(=CCN(C)C)C(=O)O.CCC[Si](OC)(OC)OC. The van der Waals surface area contributed by atoms with Gasteiger partial charge in [0.05, 0.1) is 0 Å². The second-order valence-corrected chi connectivity index (χ2v) is 7.59. The van der Waals surface area contributed by atoms with Gasteiger partial charge >= 0.3 is 14.8 Å². The molecule has 0 aromatic rings. The van der Waals surface area contributed by atoms with Gasteiger partial charge in [0.25, 0.3) is 0 Å². The molecule has 0 atom stereocenters. The average Bonchev–Trinajstić information content (AvgIpc) is 2.43. The molecule has 0 heterocycles. The highest BCUT2D eigenvalue weighted by molar-refractivity contribution is 6.60. The summed E-state index contributed by atoms with van der Waals surface area (Å²) in [6.45, 7) is 4.35. The minimum Gasteiger partial charge on any atom is -0.478 e. The fourth-order valence-corrected chi connectivity index (χ4v) is 2.99. The Morgan fingerprint density at radius 1 is 1.20 bits per heavy atom. The fourth-order valence-electron chi connectivity index (χ4n) is 1.27. The van der Waals surface area contributed by atoms with E-state index in [4.69, 9.17) is 18.4 Å². The van der Waals surface area contributed by atoms with Crippen molar-refractivity contribution in [3.63, 3.8) is 0 Å². The molecule has 120 valence electrons. The number of carbonyl (C=O) groups is 1. The number of carboxylic acid groups (broad SMARTS) is 1. The molecule has 0 aromatic carbocycles. The van der Waals surface area contributed by atoms with Crippen LogP contribution in [-0.4, -0.2) is 66.7 Å². The molecule has 0 spiro atoms. The van der Waals surface area contributed by atoms with Gasteiger partial charge in [0.1, 0.15) is 0 Å². The Labute approximate surface area is 123 Å². The monoisotopic (exact) mass is 307 g/mol. The molecule has 0 rings (SSSR count). The van der Waals surface area contributed by atoms with Crippen molar-refractivity contribution in [1.29, 1.82) is 0 Å². The van der Waals surface area contributed by atoms with Gasteiger partial charge < -0.3 is 23.3 Å². The van der Waals surface area contributed by atoms with Crippen LogP contribution in [0.15, 0.2) is 11.6 Å². The van der Waals surface area contributed by atoms with E-state index in [-0.39, 0.29) is 0 Å². The van der Waals surface area contributed by atoms with Gasteiger partial charge in [0.2, 0.25) is 0 Å². The molecule has 0 unspecified atom stereocenters. The third-order valence-corrected chi connectivity index (χ3v) is 5.57. The van der Waals surface area contributed by atoms with Crippen molar-refractivity contribution in [3.8, 4) is 0 Å². The van der Waals surface area contributed by atoms with Gasteiger partial charge in [-0.15, -0.1) is 0 Å². The third-order valence-electron chi connectivity index (χ3n) is 2.59. The van der Waals surface area contributed by atoms with Gasteiger partial charge in [-0.2, -0.15) is 0 Å². The molecule has 0 aromatic heterocycles. The molecular weight excluding hydrogens is 278 g/mol. The molecule has 1 N–H and O–H groups in total. The maximum absolute atomic E-state index is 10.2. The predicted octanol–water partition coefficient (Wildman–Crippen LogP) is 1.85. The number of nitrogens with zero attached hydrogens (tertiary/aromatic N) is 1. The first-order valence-electron chi connectivity index (χ1n) is 6.48. The Bertz CT molecular complexity index is 282. The molecular formula is C13H29NO5Si. The lowest BCUT2D eigenvalue weighted by Gasteiger charge is -2.23. The molecule has 0 fully saturated rings. The Balaban J connectivity index is 0. The van der Waals surface area contributed by atoms with E-state index in [0.717, 1.165) is 12.5 Å². The van der Waals surface area contributed by atoms with Gasteiger partial charge in [-0.05, 0) is 21.0 Å². The number of aliphatic carboxylic acids is 1. The van der Waals surface area contributed by atoms with Gasteiger partial charge in [-0.1, -0.05) is 19.4 Å². The first kappa shape index (κ1) is 21.6. The lowest BCUT2D eigenvalue weighted by atomic mass is 10.3. The summed E-state index contributed by atoms with van der Waals surface area (Å²) in [6.07, 6.45) is 2.71. The predicted molar refractivity (Wildman–Crippen MR) is 81.8 cm³/mol. The van der Waals surface area contributed by atoms with Crippen molar-refractivity contribution in [1.82, 2.24) is 4.90 Å². The summed E-state index contributed by atoms with van der Waals surface area (Å²) in [5.41, 5.74) is 0.397. The number of rotatable bonds is 8. The second-order valence-electron chi connectivity index (χ2n) is 4.50. The van der Waals surface area contributed by atoms with Gasteiger partial charge in [-0.3, -0.25) is 0 Å². The van der Waals surface area contributed by atoms with Crippen LogP contribution in [0.3, 0.4) is 0 Å². The lowest BCUT2D eigenvalue weighted by Crippen LogP contribution is -2.42. The van der Waals surface area contributed by atoms with Crippen LogP contribution in [0.2, 0.25) is 6.04 Å². The summed E-state index contributed by atoms with van der Waals surface area (Å²) in [4.78, 5) is 12.1. The second kappa shape index (κ2) is 12.0. The zero-order valence-corrected chi connectivity index (χ0v) is 14.7. The third kappa shape index (κ3) is 10.1. The number of hydrogen-bond acceptors (Lipinski definition) is 5. The molecule has 0 saturated heterocycles. The minimum absolute atomic E-state index is 0.397. The number of likely N-dealkylation sites (N-methyl/N-ethyl adjacent to an activating group) is 1. The Morgan fingerprint density at radius 2 is 1.65 bits per heavy atom. The van der Waals surface area contributed by atoms with Crippen molar-refractivity contribution >= 4 is 14.8 Å². The normalized spacial score (nSPS) is 12.1. The molecule has 0 saturated carbocycles. The molecule has 0 bridgehead atoms. The van der Waals surface area contributed by atoms with Crippen molar-refractivity contribution < 1.29 is 23.2 Å². The minimum atomic E-state index is -2.22. The van der Waals surface area contributed by atoms with Crippen molar-refractivity contribution in [3.05, 3.63) is 11.6 Å². The van der Waals surface area contributed by atoms with Crippen LogP contribution in [0.25, 0.3) is 0 Å². The Hall–Kier alpha value is -0.733. The van der Waals surface area contributed by atoms with Gasteiger partial charge in [0, 0.05) is 39.5 Å². The number of carboxylic acids is 1. The topological polar surface area (TPSA) is 68.2 Å². The smallest absolute Gasteiger partial charge is 0.478 e. The maximum Gasteiger partial charge on any atom is 0.500 e. The standard InChI is InChI=1S/C7H13NO2.C6H16O3Si/c1-6(7(9)10)4-5-8(2)3;1-5-6-10(7-2,8-3)9-4/h4H,5H2,1-3H3,(H,9,10);5-6H2,1-4H3. The van der Waals surface area contributed by atoms with E-state index in [2.05, 4.69) is 6.92 Å². The summed E-state index contributed by atoms with van der Waals surface area (Å²) in [5.74, 6) is -0.846. The summed E-state index contributed by atoms with van der Waals surface area (Å²) >= 11 is 0. The van der Waals surface area contributed by atoms with Crippen molar-refractivity contribution in [2.45, 2.75) is 26.3 Å². The molecule has 0 aliphatic rings. The number of hydrogen-bond donors (Lipinski definition) is 1. The molecule has 7 heteroatoms. The molecule has 0 amide bonds. The van der Waals surface area contributed by atoms with Crippen LogP contribution in [0.4, 0.5) is 0 Å². The van der Waals surface area contributed by atoms with E-state index in [1.54, 1.807) is 34.3 Å². The summed E-state index contributed by atoms with van der Waals surface area (Å²) in [7, 11) is 6.47. The van der Waals surface area contributed by atoms with E-state index in [1.807, 2.05) is 19.0 Å².